The average Bonchev–Trinajstić information content (AvgIpc) is 2.43. The third-order valence-electron chi connectivity index (χ3n) is 2.75. The molecule has 3 unspecified atom stereocenters. The van der Waals surface area contributed by atoms with E-state index < -0.39 is 0 Å². The second-order valence-electron chi connectivity index (χ2n) is 3.87. The van der Waals surface area contributed by atoms with Crippen molar-refractivity contribution in [3.8, 4) is 0 Å². The van der Waals surface area contributed by atoms with Crippen LogP contribution in [-0.2, 0) is 4.79 Å². The van der Waals surface area contributed by atoms with Gasteiger partial charge in [-0.2, -0.15) is 9.90 Å². The topological polar surface area (TPSA) is 29.1 Å². The molecule has 1 N–H and O–H groups in total. The Labute approximate surface area is 169 Å². The van der Waals surface area contributed by atoms with Gasteiger partial charge >= 0.3 is 0 Å². The largest absolute Gasteiger partial charge is 0.348 e. The number of alkyl halides is 1. The Kier molecular flexibility index (Phi) is 27.9. The number of amides is 1. The van der Waals surface area contributed by atoms with Gasteiger partial charge in [0.1, 0.15) is 0 Å². The van der Waals surface area contributed by atoms with Crippen molar-refractivity contribution < 1.29 is 4.79 Å². The number of carbonyl (C=O) groups excluding carboxylic acids is 1. The van der Waals surface area contributed by atoms with Gasteiger partial charge < -0.3 is 5.32 Å². The van der Waals surface area contributed by atoms with Gasteiger partial charge in [-0.05, 0) is 24.8 Å². The van der Waals surface area contributed by atoms with Gasteiger partial charge in [0, 0.05) is 0 Å². The molecule has 21 heavy (non-hydrogen) atoms. The van der Waals surface area contributed by atoms with Crippen LogP contribution >= 0.6 is 87.9 Å². The smallest absolute Gasteiger partial charge is 0.234 e. The Morgan fingerprint density at radius 2 is 1.48 bits per heavy atom. The average molecular weight is 484 g/mol. The highest BCUT2D eigenvalue weighted by atomic mass is 79.9. The third kappa shape index (κ3) is 10.4. The van der Waals surface area contributed by atoms with Crippen molar-refractivity contribution >= 4 is 93.8 Å². The van der Waals surface area contributed by atoms with E-state index in [0.717, 1.165) is 19.3 Å². The monoisotopic (exact) mass is 481 g/mol. The van der Waals surface area contributed by atoms with E-state index >= 15 is 0 Å². The molecule has 0 aromatic heterocycles. The van der Waals surface area contributed by atoms with Crippen LogP contribution < -0.4 is 5.32 Å². The number of benzene rings is 1. The van der Waals surface area contributed by atoms with Crippen molar-refractivity contribution in [3.63, 3.8) is 0 Å². The van der Waals surface area contributed by atoms with Crippen molar-refractivity contribution in [1.29, 1.82) is 0 Å². The van der Waals surface area contributed by atoms with E-state index in [1.165, 1.54) is 5.56 Å². The zero-order chi connectivity index (χ0) is 10.7. The second-order valence-corrected chi connectivity index (χ2v) is 4.98. The maximum Gasteiger partial charge on any atom is 0.234 e. The summed E-state index contributed by atoms with van der Waals surface area (Å²) < 4.78 is 0. The zero-order valence-corrected chi connectivity index (χ0v) is 18.3. The highest BCUT2D eigenvalue weighted by Gasteiger charge is 2.23. The fourth-order valence-electron chi connectivity index (χ4n) is 1.90. The van der Waals surface area contributed by atoms with Gasteiger partial charge in [-0.1, -0.05) is 46.3 Å². The summed E-state index contributed by atoms with van der Waals surface area (Å²) in [6.45, 7) is 0. The molecule has 1 aromatic rings. The molecule has 2 nitrogen and oxygen atoms in total. The first-order valence-corrected chi connectivity index (χ1v) is 6.18. The molecule has 0 spiro atoms. The molecule has 0 radical (unpaired) electrons. The molecular formula is C12H22BrCl5NOP. The SMILES string of the molecule is Cl.Cl.Cl.Cl.Cl.O=C1NC(c2ccccc2)CCCC1Br.P. The maximum atomic E-state index is 11.6. The standard InChI is InChI=1S/C12H14BrNO.5ClH.H3P/c13-10-7-4-8-11(14-12(10)15)9-5-2-1-3-6-9;;;;;;/h1-3,5-6,10-11H,4,7-8H2,(H,14,15);5*1H;1H3. The second kappa shape index (κ2) is 17.4. The Morgan fingerprint density at radius 1 is 0.952 bits per heavy atom. The van der Waals surface area contributed by atoms with Crippen LogP contribution in [-0.4, -0.2) is 10.7 Å². The molecule has 0 saturated carbocycles. The minimum Gasteiger partial charge on any atom is -0.348 e. The Bertz CT molecular complexity index is 361. The van der Waals surface area contributed by atoms with E-state index in [4.69, 9.17) is 0 Å². The molecule has 1 fully saturated rings. The third-order valence-corrected chi connectivity index (χ3v) is 3.63. The highest BCUT2D eigenvalue weighted by Crippen LogP contribution is 2.25. The Balaban J connectivity index is -0.000000142. The van der Waals surface area contributed by atoms with Crippen LogP contribution in [0.2, 0.25) is 0 Å². The van der Waals surface area contributed by atoms with Crippen LogP contribution in [0.4, 0.5) is 0 Å². The van der Waals surface area contributed by atoms with Gasteiger partial charge in [0.05, 0.1) is 10.9 Å². The van der Waals surface area contributed by atoms with Crippen LogP contribution in [0, 0.1) is 0 Å². The Hall–Kier alpha value is 1.05. The van der Waals surface area contributed by atoms with Crippen molar-refractivity contribution in [3.05, 3.63) is 35.9 Å². The van der Waals surface area contributed by atoms with Crippen molar-refractivity contribution in [2.24, 2.45) is 0 Å². The number of halogens is 6. The first-order chi connectivity index (χ1) is 7.27. The van der Waals surface area contributed by atoms with E-state index in [9.17, 15) is 4.79 Å². The van der Waals surface area contributed by atoms with Crippen molar-refractivity contribution in [2.75, 3.05) is 0 Å². The van der Waals surface area contributed by atoms with Crippen LogP contribution in [0.15, 0.2) is 30.3 Å². The predicted octanol–water partition coefficient (Wildman–Crippen LogP) is 4.96. The van der Waals surface area contributed by atoms with Crippen LogP contribution in [0.3, 0.4) is 0 Å². The van der Waals surface area contributed by atoms with Gasteiger partial charge in [-0.3, -0.25) is 4.79 Å². The lowest BCUT2D eigenvalue weighted by Gasteiger charge is -2.16. The lowest BCUT2D eigenvalue weighted by molar-refractivity contribution is -0.120. The lowest BCUT2D eigenvalue weighted by atomic mass is 10.0. The minimum absolute atomic E-state index is 0. The molecule has 2 rings (SSSR count). The van der Waals surface area contributed by atoms with Crippen LogP contribution in [0.5, 0.6) is 0 Å². The highest BCUT2D eigenvalue weighted by molar-refractivity contribution is 9.10. The molecular weight excluding hydrogens is 462 g/mol. The first-order valence-electron chi connectivity index (χ1n) is 5.27. The fourth-order valence-corrected chi connectivity index (χ4v) is 2.36. The van der Waals surface area contributed by atoms with Crippen molar-refractivity contribution in [2.45, 2.75) is 30.1 Å². The molecule has 1 aromatic carbocycles. The molecule has 1 aliphatic rings. The van der Waals surface area contributed by atoms with Crippen LogP contribution in [0.25, 0.3) is 0 Å². The molecule has 1 saturated heterocycles. The van der Waals surface area contributed by atoms with Crippen molar-refractivity contribution in [1.82, 2.24) is 5.32 Å². The van der Waals surface area contributed by atoms with Gasteiger partial charge in [0.15, 0.2) is 0 Å². The summed E-state index contributed by atoms with van der Waals surface area (Å²) in [7, 11) is 0. The normalized spacial score (nSPS) is 19.2. The number of hydrogen-bond donors (Lipinski definition) is 1. The lowest BCUT2D eigenvalue weighted by Crippen LogP contribution is -2.31. The van der Waals surface area contributed by atoms with E-state index in [2.05, 4.69) is 33.4 Å². The molecule has 9 heteroatoms. The minimum atomic E-state index is -0.0220. The molecule has 0 aliphatic carbocycles. The summed E-state index contributed by atoms with van der Waals surface area (Å²) in [5.41, 5.74) is 1.20. The molecule has 1 amide bonds. The molecule has 3 atom stereocenters. The van der Waals surface area contributed by atoms with Gasteiger partial charge in [-0.25, -0.2) is 0 Å². The van der Waals surface area contributed by atoms with Gasteiger partial charge in [0.2, 0.25) is 5.91 Å². The molecule has 1 heterocycles. The quantitative estimate of drug-likeness (QED) is 0.443. The summed E-state index contributed by atoms with van der Waals surface area (Å²) >= 11 is 3.39. The van der Waals surface area contributed by atoms with E-state index in [-0.39, 0.29) is 88.7 Å². The summed E-state index contributed by atoms with van der Waals surface area (Å²) in [6.07, 6.45) is 3.03. The molecule has 0 bridgehead atoms. The zero-order valence-electron chi connectivity index (χ0n) is 11.2. The number of carbonyl (C=O) groups is 1. The fraction of sp³-hybridized carbons (Fsp3) is 0.417. The van der Waals surface area contributed by atoms with E-state index in [1.807, 2.05) is 18.2 Å². The molecule has 128 valence electrons. The van der Waals surface area contributed by atoms with Gasteiger partial charge in [0.25, 0.3) is 0 Å². The number of hydrogen-bond acceptors (Lipinski definition) is 1. The summed E-state index contributed by atoms with van der Waals surface area (Å²) in [4.78, 5) is 11.6. The van der Waals surface area contributed by atoms with E-state index in [0.29, 0.717) is 0 Å². The number of nitrogens with one attached hydrogen (secondary N) is 1. The van der Waals surface area contributed by atoms with E-state index in [1.54, 1.807) is 0 Å². The number of rotatable bonds is 1. The summed E-state index contributed by atoms with van der Waals surface area (Å²) in [6, 6.07) is 10.3. The Morgan fingerprint density at radius 3 is 2.00 bits per heavy atom. The predicted molar refractivity (Wildman–Crippen MR) is 111 cm³/mol. The maximum absolute atomic E-state index is 11.6. The van der Waals surface area contributed by atoms with Crippen LogP contribution in [0.1, 0.15) is 30.9 Å². The van der Waals surface area contributed by atoms with Gasteiger partial charge in [-0.15, -0.1) is 62.0 Å². The molecule has 1 aliphatic heterocycles. The summed E-state index contributed by atoms with van der Waals surface area (Å²) in [5.74, 6) is 0.112. The first kappa shape index (κ1) is 33.6. The summed E-state index contributed by atoms with van der Waals surface area (Å²) in [5, 5.41) is 3.06.